The highest BCUT2D eigenvalue weighted by molar-refractivity contribution is 7.09. The first kappa shape index (κ1) is 17.9. The monoisotopic (exact) mass is 370 g/mol. The third-order valence-electron chi connectivity index (χ3n) is 3.61. The van der Waals surface area contributed by atoms with E-state index in [4.69, 9.17) is 4.74 Å². The van der Waals surface area contributed by atoms with E-state index in [0.29, 0.717) is 17.5 Å². The van der Waals surface area contributed by atoms with Crippen molar-refractivity contribution in [3.05, 3.63) is 71.4 Å². The van der Waals surface area contributed by atoms with Crippen molar-refractivity contribution in [1.82, 2.24) is 14.7 Å². The van der Waals surface area contributed by atoms with Gasteiger partial charge in [-0.05, 0) is 48.9 Å². The highest BCUT2D eigenvalue weighted by atomic mass is 32.1. The average Bonchev–Trinajstić information content (AvgIpc) is 3.09. The number of halogens is 1. The molecule has 0 aliphatic heterocycles. The van der Waals surface area contributed by atoms with Crippen LogP contribution < -0.4 is 15.4 Å². The van der Waals surface area contributed by atoms with Crippen molar-refractivity contribution in [1.29, 1.82) is 0 Å². The number of aromatic nitrogens is 2. The van der Waals surface area contributed by atoms with Crippen molar-refractivity contribution in [3.63, 3.8) is 0 Å². The predicted octanol–water partition coefficient (Wildman–Crippen LogP) is 4.58. The normalized spacial score (nSPS) is 11.3. The van der Waals surface area contributed by atoms with E-state index >= 15 is 0 Å². The summed E-state index contributed by atoms with van der Waals surface area (Å²) < 4.78 is 22.4. The van der Waals surface area contributed by atoms with Crippen LogP contribution in [0.5, 0.6) is 5.75 Å². The van der Waals surface area contributed by atoms with Gasteiger partial charge in [-0.1, -0.05) is 12.1 Å². The lowest BCUT2D eigenvalue weighted by Gasteiger charge is -2.07. The number of methoxy groups -OCH3 is 1. The minimum absolute atomic E-state index is 0.269. The molecule has 134 valence electrons. The zero-order valence-corrected chi connectivity index (χ0v) is 15.3. The predicted molar refractivity (Wildman–Crippen MR) is 103 cm³/mol. The highest BCUT2D eigenvalue weighted by Gasteiger charge is 2.03. The molecular weight excluding hydrogens is 351 g/mol. The maximum Gasteiger partial charge on any atom is 0.207 e. The van der Waals surface area contributed by atoms with Gasteiger partial charge in [0.05, 0.1) is 7.11 Å². The summed E-state index contributed by atoms with van der Waals surface area (Å²) >= 11 is 1.26. The van der Waals surface area contributed by atoms with Gasteiger partial charge >= 0.3 is 0 Å². The Morgan fingerprint density at radius 1 is 1.15 bits per heavy atom. The van der Waals surface area contributed by atoms with Gasteiger partial charge < -0.3 is 15.4 Å². The molecule has 5 nitrogen and oxygen atoms in total. The number of ether oxygens (including phenoxy) is 1. The number of rotatable bonds is 7. The number of hydrogen-bond donors (Lipinski definition) is 2. The molecule has 0 fully saturated rings. The Kier molecular flexibility index (Phi) is 5.80. The van der Waals surface area contributed by atoms with Gasteiger partial charge in [-0.15, -0.1) is 0 Å². The van der Waals surface area contributed by atoms with Gasteiger partial charge in [0.15, 0.2) is 5.82 Å². The van der Waals surface area contributed by atoms with Crippen LogP contribution >= 0.6 is 11.5 Å². The van der Waals surface area contributed by atoms with Crippen molar-refractivity contribution >= 4 is 28.4 Å². The van der Waals surface area contributed by atoms with Crippen LogP contribution in [0.25, 0.3) is 6.08 Å². The van der Waals surface area contributed by atoms with Crippen molar-refractivity contribution in [2.75, 3.05) is 12.4 Å². The molecule has 2 N–H and O–H groups in total. The molecule has 0 saturated heterocycles. The molecular formula is C19H19FN4OS. The number of anilines is 2. The lowest BCUT2D eigenvalue weighted by molar-refractivity contribution is 0.414. The average molecular weight is 370 g/mol. The maximum atomic E-state index is 12.9. The fourth-order valence-corrected chi connectivity index (χ4v) is 2.80. The third-order valence-corrected chi connectivity index (χ3v) is 4.26. The van der Waals surface area contributed by atoms with Crippen LogP contribution in [0.15, 0.2) is 54.2 Å². The summed E-state index contributed by atoms with van der Waals surface area (Å²) in [5.41, 5.74) is 2.89. The van der Waals surface area contributed by atoms with Gasteiger partial charge in [-0.3, -0.25) is 0 Å². The van der Waals surface area contributed by atoms with E-state index in [1.165, 1.54) is 23.7 Å². The van der Waals surface area contributed by atoms with Gasteiger partial charge in [-0.2, -0.15) is 9.36 Å². The molecule has 26 heavy (non-hydrogen) atoms. The summed E-state index contributed by atoms with van der Waals surface area (Å²) in [5, 5.41) is 7.10. The minimum atomic E-state index is -0.269. The summed E-state index contributed by atoms with van der Waals surface area (Å²) in [6.07, 6.45) is 1.88. The number of nitrogens with zero attached hydrogens (tertiary/aromatic N) is 2. The molecule has 2 aromatic carbocycles. The van der Waals surface area contributed by atoms with E-state index in [2.05, 4.69) is 20.0 Å². The van der Waals surface area contributed by atoms with Gasteiger partial charge in [-0.25, -0.2) is 4.39 Å². The van der Waals surface area contributed by atoms with Gasteiger partial charge in [0, 0.05) is 35.5 Å². The van der Waals surface area contributed by atoms with Crippen LogP contribution in [-0.4, -0.2) is 16.5 Å². The summed E-state index contributed by atoms with van der Waals surface area (Å²) in [6, 6.07) is 14.0. The lowest BCUT2D eigenvalue weighted by Crippen LogP contribution is -2.10. The first-order chi connectivity index (χ1) is 12.6. The zero-order valence-electron chi connectivity index (χ0n) is 14.5. The molecule has 0 aliphatic carbocycles. The molecule has 0 atom stereocenters. The second-order valence-corrected chi connectivity index (χ2v) is 6.37. The van der Waals surface area contributed by atoms with Crippen molar-refractivity contribution < 1.29 is 9.13 Å². The van der Waals surface area contributed by atoms with Crippen LogP contribution in [0.3, 0.4) is 0 Å². The second kappa shape index (κ2) is 8.44. The Labute approximate surface area is 155 Å². The molecule has 0 spiro atoms. The number of benzene rings is 2. The van der Waals surface area contributed by atoms with E-state index in [1.807, 2.05) is 37.3 Å². The molecule has 0 bridgehead atoms. The number of allylic oxidation sites excluding steroid dienone is 1. The standard InChI is InChI=1S/C19H19FN4OS/c1-13(21-12-14-3-9-17(25-2)10-4-14)11-18-23-19(26-24-18)22-16-7-5-15(20)6-8-16/h3-11,21H,12H2,1-2H3,(H,22,23,24)/b13-11+. The molecule has 0 radical (unpaired) electrons. The van der Waals surface area contributed by atoms with E-state index in [9.17, 15) is 4.39 Å². The molecule has 1 aromatic heterocycles. The molecule has 3 rings (SSSR count). The maximum absolute atomic E-state index is 12.9. The van der Waals surface area contributed by atoms with E-state index in [0.717, 1.165) is 22.7 Å². The van der Waals surface area contributed by atoms with E-state index < -0.39 is 0 Å². The number of nitrogens with one attached hydrogen (secondary N) is 2. The molecule has 0 amide bonds. The van der Waals surface area contributed by atoms with Gasteiger partial charge in [0.25, 0.3) is 0 Å². The zero-order chi connectivity index (χ0) is 18.4. The largest absolute Gasteiger partial charge is 0.497 e. The summed E-state index contributed by atoms with van der Waals surface area (Å²) in [6.45, 7) is 2.68. The first-order valence-electron chi connectivity index (χ1n) is 8.04. The van der Waals surface area contributed by atoms with Crippen molar-refractivity contribution in [2.24, 2.45) is 0 Å². The van der Waals surface area contributed by atoms with Gasteiger partial charge in [0.2, 0.25) is 5.13 Å². The quantitative estimate of drug-likeness (QED) is 0.637. The van der Waals surface area contributed by atoms with Crippen LogP contribution in [0.1, 0.15) is 18.3 Å². The van der Waals surface area contributed by atoms with Crippen LogP contribution in [-0.2, 0) is 6.54 Å². The molecule has 0 unspecified atom stereocenters. The third kappa shape index (κ3) is 5.03. The summed E-state index contributed by atoms with van der Waals surface area (Å²) in [4.78, 5) is 4.42. The van der Waals surface area contributed by atoms with Crippen LogP contribution in [0.4, 0.5) is 15.2 Å². The first-order valence-corrected chi connectivity index (χ1v) is 8.81. The Balaban J connectivity index is 1.56. The molecule has 0 saturated carbocycles. The fraction of sp³-hybridized carbons (Fsp3) is 0.158. The fourth-order valence-electron chi connectivity index (χ4n) is 2.23. The molecule has 1 heterocycles. The molecule has 0 aliphatic rings. The van der Waals surface area contributed by atoms with Gasteiger partial charge in [0.1, 0.15) is 11.6 Å². The molecule has 3 aromatic rings. The van der Waals surface area contributed by atoms with E-state index in [-0.39, 0.29) is 5.82 Å². The Bertz CT molecular complexity index is 875. The Hall–Kier alpha value is -2.93. The summed E-state index contributed by atoms with van der Waals surface area (Å²) in [7, 11) is 1.65. The van der Waals surface area contributed by atoms with Crippen LogP contribution in [0.2, 0.25) is 0 Å². The van der Waals surface area contributed by atoms with Crippen molar-refractivity contribution in [3.8, 4) is 5.75 Å². The highest BCUT2D eigenvalue weighted by Crippen LogP contribution is 2.19. The topological polar surface area (TPSA) is 59.1 Å². The Morgan fingerprint density at radius 2 is 1.88 bits per heavy atom. The minimum Gasteiger partial charge on any atom is -0.497 e. The SMILES string of the molecule is COc1ccc(CN/C(C)=C/c2nsc(Nc3ccc(F)cc3)n2)cc1. The Morgan fingerprint density at radius 3 is 2.58 bits per heavy atom. The van der Waals surface area contributed by atoms with Crippen LogP contribution in [0, 0.1) is 5.82 Å². The van der Waals surface area contributed by atoms with Crippen molar-refractivity contribution in [2.45, 2.75) is 13.5 Å². The smallest absolute Gasteiger partial charge is 0.207 e. The second-order valence-electron chi connectivity index (χ2n) is 5.62. The summed E-state index contributed by atoms with van der Waals surface area (Å²) in [5.74, 6) is 1.20. The van der Waals surface area contributed by atoms with E-state index in [1.54, 1.807) is 19.2 Å². The number of hydrogen-bond acceptors (Lipinski definition) is 6. The molecule has 7 heteroatoms. The lowest BCUT2D eigenvalue weighted by atomic mass is 10.2.